The van der Waals surface area contributed by atoms with E-state index in [1.165, 1.54) is 36.1 Å². The number of nitrogens with zero attached hydrogens (tertiary/aromatic N) is 4. The summed E-state index contributed by atoms with van der Waals surface area (Å²) in [5.41, 5.74) is 6.09. The summed E-state index contributed by atoms with van der Waals surface area (Å²) in [5.74, 6) is 2.75. The normalized spacial score (nSPS) is 25.5. The van der Waals surface area contributed by atoms with Crippen LogP contribution in [-0.2, 0) is 23.4 Å². The van der Waals surface area contributed by atoms with E-state index in [0.717, 1.165) is 0 Å². The number of aromatic nitrogens is 4. The van der Waals surface area contributed by atoms with Crippen molar-refractivity contribution in [3.05, 3.63) is 42.9 Å². The minimum atomic E-state index is -4.55. The van der Waals surface area contributed by atoms with E-state index >= 15 is 0 Å². The molecule has 4 rings (SSSR count). The first kappa shape index (κ1) is 27.9. The number of benzene rings is 1. The lowest BCUT2D eigenvalue weighted by Crippen LogP contribution is -2.41. The quantitative estimate of drug-likeness (QED) is 0.149. The second-order valence-electron chi connectivity index (χ2n) is 9.44. The molecule has 3 N–H and O–H groups in total. The van der Waals surface area contributed by atoms with Crippen LogP contribution in [0.3, 0.4) is 0 Å². The zero-order chi connectivity index (χ0) is 31.6. The molecule has 6 atom stereocenters. The van der Waals surface area contributed by atoms with Crippen LogP contribution in [0, 0.1) is 17.8 Å². The third-order valence-corrected chi connectivity index (χ3v) is 8.21. The average Bonchev–Trinajstić information content (AvgIpc) is 3.45. The van der Waals surface area contributed by atoms with Crippen LogP contribution in [-0.4, -0.2) is 73.2 Å². The Kier molecular flexibility index (Phi) is 8.64. The molecule has 0 radical (unpaired) electrons. The van der Waals surface area contributed by atoms with Crippen molar-refractivity contribution in [2.45, 2.75) is 50.2 Å². The smallest absolute Gasteiger partial charge is 0.380 e. The maximum absolute atomic E-state index is 14.1. The molecule has 0 amide bonds. The van der Waals surface area contributed by atoms with Crippen LogP contribution in [0.15, 0.2) is 42.9 Å². The van der Waals surface area contributed by atoms with Gasteiger partial charge in [-0.15, -0.1) is 0 Å². The predicted molar refractivity (Wildman–Crippen MR) is 148 cm³/mol. The fraction of sp³-hybridized carbons (Fsp3) is 0.462. The number of anilines is 1. The fourth-order valence-corrected chi connectivity index (χ4v) is 6.03. The van der Waals surface area contributed by atoms with Crippen molar-refractivity contribution in [2.24, 2.45) is 5.92 Å². The van der Waals surface area contributed by atoms with Gasteiger partial charge < -0.3 is 24.8 Å². The molecule has 1 aliphatic heterocycles. The summed E-state index contributed by atoms with van der Waals surface area (Å²) in [4.78, 5) is 22.5. The lowest BCUT2D eigenvalue weighted by Gasteiger charge is -2.26. The van der Waals surface area contributed by atoms with Gasteiger partial charge >= 0.3 is 13.6 Å². The van der Waals surface area contributed by atoms with Crippen molar-refractivity contribution in [2.75, 3.05) is 25.1 Å². The summed E-state index contributed by atoms with van der Waals surface area (Å²) < 4.78 is 68.2. The zero-order valence-electron chi connectivity index (χ0n) is 24.3. The summed E-state index contributed by atoms with van der Waals surface area (Å²) in [7, 11) is -4.55. The summed E-state index contributed by atoms with van der Waals surface area (Å²) >= 11 is 6.75. The first-order valence-electron chi connectivity index (χ1n) is 13.5. The molecule has 15 heteroatoms. The van der Waals surface area contributed by atoms with E-state index in [1.807, 2.05) is 0 Å². The van der Waals surface area contributed by atoms with Crippen molar-refractivity contribution in [3.63, 3.8) is 0 Å². The number of ether oxygens (including phenoxy) is 2. The van der Waals surface area contributed by atoms with Gasteiger partial charge in [-0.25, -0.2) is 18.9 Å². The maximum Gasteiger partial charge on any atom is 0.380 e. The van der Waals surface area contributed by atoms with Crippen LogP contribution in [0.4, 0.5) is 10.3 Å². The molecule has 1 aliphatic rings. The van der Waals surface area contributed by atoms with Gasteiger partial charge in [0, 0.05) is 0 Å². The number of aliphatic hydroxyl groups is 1. The van der Waals surface area contributed by atoms with Crippen molar-refractivity contribution in [1.82, 2.24) is 19.5 Å². The number of imidazole rings is 1. The molecule has 0 bridgehead atoms. The van der Waals surface area contributed by atoms with Crippen LogP contribution in [0.2, 0.25) is 0 Å². The molecule has 220 valence electrons. The maximum atomic E-state index is 14.1. The Bertz CT molecular complexity index is 1570. The van der Waals surface area contributed by atoms with E-state index in [0.29, 0.717) is 0 Å². The number of hydrogen-bond acceptors (Lipinski definition) is 11. The molecule has 12 nitrogen and oxygen atoms in total. The van der Waals surface area contributed by atoms with Crippen molar-refractivity contribution < 1.29 is 40.1 Å². The molecule has 3 heterocycles. The Morgan fingerprint density at radius 1 is 1.37 bits per heavy atom. The van der Waals surface area contributed by atoms with Crippen molar-refractivity contribution in [3.8, 4) is 17.6 Å². The highest BCUT2D eigenvalue weighted by Gasteiger charge is 2.56. The number of esters is 1. The van der Waals surface area contributed by atoms with Crippen LogP contribution in [0.25, 0.3) is 11.2 Å². The van der Waals surface area contributed by atoms with Crippen molar-refractivity contribution in [1.29, 1.82) is 0 Å². The predicted octanol–water partition coefficient (Wildman–Crippen LogP) is 3.49. The Balaban J connectivity index is 1.71. The molecule has 1 fully saturated rings. The molecule has 2 aromatic heterocycles. The molecule has 1 unspecified atom stereocenters. The Hall–Kier alpha value is -3.27. The van der Waals surface area contributed by atoms with Gasteiger partial charge in [0.05, 0.1) is 40.0 Å². The van der Waals surface area contributed by atoms with E-state index in [2.05, 4.69) is 26.8 Å². The standard InChI is InChI=1S/C26H30ClFN5O7P/c1-16(2)38-23(35)17(3)14-41(36,40-18-8-5-4-6-9-18)37-13-20-21(34)26(27,10-7-11-28)24(39-20)33-15-31-19-12-30-25(29)32-22(19)33/h4-6,8-9,12,15-17,20-21,24,34H,11,13-14H2,1-3H3,(H2,29,30,32)/t17-,20-,21+,24-,26?,41+/m1/s1/i13D2. The number of hydrogen-bond donors (Lipinski definition) is 2. The fourth-order valence-electron chi connectivity index (χ4n) is 3.98. The lowest BCUT2D eigenvalue weighted by molar-refractivity contribution is -0.151. The third-order valence-electron chi connectivity index (χ3n) is 5.83. The second kappa shape index (κ2) is 12.7. The highest BCUT2D eigenvalue weighted by atomic mass is 35.5. The lowest BCUT2D eigenvalue weighted by atomic mass is 9.99. The Labute approximate surface area is 243 Å². The van der Waals surface area contributed by atoms with Gasteiger partial charge in [-0.1, -0.05) is 48.6 Å². The highest BCUT2D eigenvalue weighted by molar-refractivity contribution is 7.54. The summed E-state index contributed by atoms with van der Waals surface area (Å²) in [6.45, 7) is 0.496. The third kappa shape index (κ3) is 6.97. The number of aliphatic hydroxyl groups excluding tert-OH is 1. The zero-order valence-corrected chi connectivity index (χ0v) is 24.0. The molecule has 0 aliphatic carbocycles. The van der Waals surface area contributed by atoms with Gasteiger partial charge in [0.1, 0.15) is 30.1 Å². The molecular formula is C26H30ClFN5O7P. The molecule has 0 spiro atoms. The van der Waals surface area contributed by atoms with E-state index < -0.39 is 68.3 Å². The number of alkyl halides is 2. The summed E-state index contributed by atoms with van der Waals surface area (Å²) in [6, 6.07) is 7.80. The Morgan fingerprint density at radius 2 is 2.10 bits per heavy atom. The molecule has 1 aromatic carbocycles. The molecule has 0 saturated carbocycles. The number of para-hydroxylation sites is 1. The van der Waals surface area contributed by atoms with Crippen LogP contribution in [0.1, 0.15) is 29.7 Å². The van der Waals surface area contributed by atoms with Gasteiger partial charge in [-0.05, 0) is 26.0 Å². The summed E-state index contributed by atoms with van der Waals surface area (Å²) in [6.07, 6.45) is -3.96. The largest absolute Gasteiger partial charge is 0.463 e. The number of fused-ring (bicyclic) bond motifs is 1. The minimum Gasteiger partial charge on any atom is -0.463 e. The van der Waals surface area contributed by atoms with Gasteiger partial charge in [0.15, 0.2) is 16.7 Å². The van der Waals surface area contributed by atoms with Crippen LogP contribution < -0.4 is 10.3 Å². The molecule has 1 saturated heterocycles. The minimum absolute atomic E-state index is 0.0690. The van der Waals surface area contributed by atoms with Crippen LogP contribution in [0.5, 0.6) is 5.75 Å². The van der Waals surface area contributed by atoms with Gasteiger partial charge in [0.2, 0.25) is 5.95 Å². The molecule has 41 heavy (non-hydrogen) atoms. The van der Waals surface area contributed by atoms with E-state index in [-0.39, 0.29) is 22.9 Å². The van der Waals surface area contributed by atoms with E-state index in [4.69, 9.17) is 38.6 Å². The first-order valence-corrected chi connectivity index (χ1v) is 14.6. The number of carbonyl (C=O) groups excluding carboxylic acids is 1. The number of halogens is 2. The first-order chi connectivity index (χ1) is 20.2. The van der Waals surface area contributed by atoms with Crippen molar-refractivity contribution >= 4 is 42.3 Å². The highest BCUT2D eigenvalue weighted by Crippen LogP contribution is 2.52. The van der Waals surface area contributed by atoms with E-state index in [1.54, 1.807) is 32.0 Å². The average molecular weight is 612 g/mol. The topological polar surface area (TPSA) is 161 Å². The number of carbonyl (C=O) groups is 1. The summed E-state index contributed by atoms with van der Waals surface area (Å²) in [5, 5.41) is 11.3. The van der Waals surface area contributed by atoms with Crippen LogP contribution >= 0.6 is 19.2 Å². The number of nitrogens with two attached hydrogens (primary N) is 1. The van der Waals surface area contributed by atoms with E-state index in [9.17, 15) is 18.9 Å². The SMILES string of the molecule is [2H]C([2H])(O[P@@](=O)(C[C@@H](C)C(=O)OC(C)C)Oc1ccccc1)[C@H]1O[C@@H](n2cnc3cnc(N)nc32)C(Cl)(C#CCF)[C@H]1O. The number of nitrogen functional groups attached to an aromatic ring is 1. The van der Waals surface area contributed by atoms with Gasteiger partial charge in [0.25, 0.3) is 0 Å². The Morgan fingerprint density at radius 3 is 2.78 bits per heavy atom. The van der Waals surface area contributed by atoms with Gasteiger partial charge in [-0.2, -0.15) is 4.98 Å². The molecule has 3 aromatic rings. The van der Waals surface area contributed by atoms with Gasteiger partial charge in [-0.3, -0.25) is 13.9 Å². The molecular weight excluding hydrogens is 580 g/mol. The monoisotopic (exact) mass is 611 g/mol. The second-order valence-corrected chi connectivity index (χ2v) is 12.0. The number of rotatable bonds is 10.